The van der Waals surface area contributed by atoms with Crippen molar-refractivity contribution in [2.45, 2.75) is 38.1 Å². The molecule has 2 aliphatic rings. The van der Waals surface area contributed by atoms with Crippen molar-refractivity contribution in [3.63, 3.8) is 0 Å². The summed E-state index contributed by atoms with van der Waals surface area (Å²) in [5, 5.41) is 1.13. The summed E-state index contributed by atoms with van der Waals surface area (Å²) in [6, 6.07) is 15.0. The fraction of sp³-hybridized carbons (Fsp3) is 0.375. The van der Waals surface area contributed by atoms with Crippen molar-refractivity contribution in [3.05, 3.63) is 53.5 Å². The molecule has 0 N–H and O–H groups in total. The van der Waals surface area contributed by atoms with Crippen molar-refractivity contribution in [1.29, 1.82) is 0 Å². The van der Waals surface area contributed by atoms with Gasteiger partial charge in [0, 0.05) is 12.5 Å². The number of anilines is 1. The number of amides is 2. The maximum atomic E-state index is 13.2. The van der Waals surface area contributed by atoms with Gasteiger partial charge >= 0.3 is 0 Å². The first-order chi connectivity index (χ1) is 15.1. The number of thiazole rings is 1. The van der Waals surface area contributed by atoms with E-state index in [1.54, 1.807) is 35.6 Å². The molecule has 5 rings (SSSR count). The Balaban J connectivity index is 1.32. The normalized spacial score (nSPS) is 22.4. The molecular weight excluding hydrogens is 410 g/mol. The third kappa shape index (κ3) is 3.83. The van der Waals surface area contributed by atoms with Crippen molar-refractivity contribution >= 4 is 39.1 Å². The number of carbonyl (C=O) groups excluding carboxylic acids is 2. The Hall–Kier alpha value is -2.77. The van der Waals surface area contributed by atoms with Gasteiger partial charge in [-0.25, -0.2) is 9.88 Å². The number of carbonyl (C=O) groups is 2. The minimum atomic E-state index is -0.392. The molecule has 0 spiro atoms. The van der Waals surface area contributed by atoms with Crippen molar-refractivity contribution in [3.8, 4) is 5.75 Å². The SMILES string of the molecule is CCOc1ccc(N2C(=O)C[C@@H](N3CCC[C@H](c4nc5ccccc5s4)C3)C2=O)cc1. The van der Waals surface area contributed by atoms with E-state index in [9.17, 15) is 9.59 Å². The van der Waals surface area contributed by atoms with Gasteiger partial charge in [0.05, 0.1) is 40.0 Å². The van der Waals surface area contributed by atoms with Crippen molar-refractivity contribution in [2.75, 3.05) is 24.6 Å². The van der Waals surface area contributed by atoms with Crippen LogP contribution in [-0.4, -0.2) is 47.4 Å². The first-order valence-electron chi connectivity index (χ1n) is 10.8. The average molecular weight is 436 g/mol. The molecule has 2 atom stereocenters. The molecule has 7 heteroatoms. The molecule has 0 radical (unpaired) electrons. The molecule has 0 aliphatic carbocycles. The van der Waals surface area contributed by atoms with E-state index in [4.69, 9.17) is 9.72 Å². The topological polar surface area (TPSA) is 62.7 Å². The lowest BCUT2D eigenvalue weighted by Crippen LogP contribution is -2.46. The fourth-order valence-corrected chi connectivity index (χ4v) is 5.68. The summed E-state index contributed by atoms with van der Waals surface area (Å²) < 4.78 is 6.67. The molecule has 2 aliphatic heterocycles. The largest absolute Gasteiger partial charge is 0.494 e. The van der Waals surface area contributed by atoms with E-state index in [0.717, 1.165) is 42.2 Å². The summed E-state index contributed by atoms with van der Waals surface area (Å²) in [4.78, 5) is 34.3. The number of nitrogens with zero attached hydrogens (tertiary/aromatic N) is 3. The van der Waals surface area contributed by atoms with Crippen LogP contribution in [0.1, 0.15) is 37.1 Å². The van der Waals surface area contributed by atoms with Gasteiger partial charge in [-0.1, -0.05) is 12.1 Å². The van der Waals surface area contributed by atoms with E-state index >= 15 is 0 Å². The summed E-state index contributed by atoms with van der Waals surface area (Å²) in [7, 11) is 0. The van der Waals surface area contributed by atoms with Crippen molar-refractivity contribution in [2.24, 2.45) is 0 Å². The van der Waals surface area contributed by atoms with Gasteiger partial charge in [0.1, 0.15) is 5.75 Å². The zero-order chi connectivity index (χ0) is 21.4. The van der Waals surface area contributed by atoms with Gasteiger partial charge in [0.2, 0.25) is 5.91 Å². The summed E-state index contributed by atoms with van der Waals surface area (Å²) in [6.07, 6.45) is 2.30. The lowest BCUT2D eigenvalue weighted by atomic mass is 9.97. The molecule has 0 bridgehead atoms. The van der Waals surface area contributed by atoms with Gasteiger partial charge in [-0.2, -0.15) is 0 Å². The maximum Gasteiger partial charge on any atom is 0.251 e. The monoisotopic (exact) mass is 435 g/mol. The Morgan fingerprint density at radius 3 is 2.71 bits per heavy atom. The fourth-order valence-electron chi connectivity index (χ4n) is 4.59. The number of rotatable bonds is 5. The molecule has 2 aromatic carbocycles. The van der Waals surface area contributed by atoms with Crippen LogP contribution in [-0.2, 0) is 9.59 Å². The Morgan fingerprint density at radius 1 is 1.13 bits per heavy atom. The second kappa shape index (κ2) is 8.40. The van der Waals surface area contributed by atoms with Crippen molar-refractivity contribution < 1.29 is 14.3 Å². The van der Waals surface area contributed by atoms with E-state index in [1.165, 1.54) is 9.60 Å². The Kier molecular flexibility index (Phi) is 5.46. The minimum absolute atomic E-state index is 0.126. The molecule has 0 unspecified atom stereocenters. The zero-order valence-corrected chi connectivity index (χ0v) is 18.3. The summed E-state index contributed by atoms with van der Waals surface area (Å²) in [5.41, 5.74) is 1.65. The van der Waals surface area contributed by atoms with Crippen LogP contribution in [0.2, 0.25) is 0 Å². The smallest absolute Gasteiger partial charge is 0.251 e. The molecule has 2 fully saturated rings. The van der Waals surface area contributed by atoms with Gasteiger partial charge in [-0.15, -0.1) is 11.3 Å². The predicted octanol–water partition coefficient (Wildman–Crippen LogP) is 4.21. The highest BCUT2D eigenvalue weighted by Crippen LogP contribution is 2.35. The van der Waals surface area contributed by atoms with Gasteiger partial charge in [-0.3, -0.25) is 14.5 Å². The first-order valence-corrected chi connectivity index (χ1v) is 11.6. The zero-order valence-electron chi connectivity index (χ0n) is 17.5. The standard InChI is InChI=1S/C24H25N3O3S/c1-2-30-18-11-9-17(10-12-18)27-22(28)14-20(24(27)29)26-13-5-6-16(15-26)23-25-19-7-3-4-8-21(19)31-23/h3-4,7-12,16,20H,2,5-6,13-15H2,1H3/t16-,20+/m0/s1. The second-order valence-electron chi connectivity index (χ2n) is 8.07. The van der Waals surface area contributed by atoms with Crippen LogP contribution in [0.25, 0.3) is 10.2 Å². The van der Waals surface area contributed by atoms with Crippen LogP contribution < -0.4 is 9.64 Å². The van der Waals surface area contributed by atoms with E-state index in [0.29, 0.717) is 18.2 Å². The average Bonchev–Trinajstić information content (AvgIpc) is 3.35. The molecule has 2 amide bonds. The molecule has 6 nitrogen and oxygen atoms in total. The third-order valence-corrected chi connectivity index (χ3v) is 7.28. The molecule has 3 aromatic rings. The number of para-hydroxylation sites is 1. The molecule has 31 heavy (non-hydrogen) atoms. The number of imide groups is 1. The predicted molar refractivity (Wildman–Crippen MR) is 122 cm³/mol. The van der Waals surface area contributed by atoms with Crippen LogP contribution in [0, 0.1) is 0 Å². The van der Waals surface area contributed by atoms with Crippen LogP contribution in [0.15, 0.2) is 48.5 Å². The van der Waals surface area contributed by atoms with Crippen molar-refractivity contribution in [1.82, 2.24) is 9.88 Å². The molecule has 3 heterocycles. The van der Waals surface area contributed by atoms with Gasteiger partial charge in [0.15, 0.2) is 0 Å². The number of hydrogen-bond acceptors (Lipinski definition) is 6. The van der Waals surface area contributed by atoms with Crippen LogP contribution in [0.4, 0.5) is 5.69 Å². The quantitative estimate of drug-likeness (QED) is 0.562. The van der Waals surface area contributed by atoms with Gasteiger partial charge in [-0.05, 0) is 62.7 Å². The summed E-state index contributed by atoms with van der Waals surface area (Å²) in [6.45, 7) is 4.10. The van der Waals surface area contributed by atoms with E-state index in [1.807, 2.05) is 25.1 Å². The third-order valence-electron chi connectivity index (χ3n) is 6.08. The molecule has 160 valence electrons. The van der Waals surface area contributed by atoms with E-state index < -0.39 is 6.04 Å². The summed E-state index contributed by atoms with van der Waals surface area (Å²) in [5.74, 6) is 0.769. The van der Waals surface area contributed by atoms with Crippen LogP contribution >= 0.6 is 11.3 Å². The number of ether oxygens (including phenoxy) is 1. The lowest BCUT2D eigenvalue weighted by Gasteiger charge is -2.34. The molecule has 2 saturated heterocycles. The van der Waals surface area contributed by atoms with Crippen LogP contribution in [0.3, 0.4) is 0 Å². The maximum absolute atomic E-state index is 13.2. The van der Waals surface area contributed by atoms with Crippen LogP contribution in [0.5, 0.6) is 5.75 Å². The molecular formula is C24H25N3O3S. The number of aromatic nitrogens is 1. The first kappa shape index (κ1) is 20.2. The van der Waals surface area contributed by atoms with E-state index in [2.05, 4.69) is 11.0 Å². The number of benzene rings is 2. The lowest BCUT2D eigenvalue weighted by molar-refractivity contribution is -0.123. The summed E-state index contributed by atoms with van der Waals surface area (Å²) >= 11 is 1.74. The molecule has 1 aromatic heterocycles. The number of hydrogen-bond donors (Lipinski definition) is 0. The van der Waals surface area contributed by atoms with E-state index in [-0.39, 0.29) is 18.2 Å². The second-order valence-corrected chi connectivity index (χ2v) is 9.13. The van der Waals surface area contributed by atoms with Gasteiger partial charge < -0.3 is 4.74 Å². The molecule has 0 saturated carbocycles. The highest BCUT2D eigenvalue weighted by molar-refractivity contribution is 7.18. The Morgan fingerprint density at radius 2 is 1.94 bits per heavy atom. The Labute approximate surface area is 185 Å². The number of likely N-dealkylation sites (tertiary alicyclic amines) is 1. The number of piperidine rings is 1. The van der Waals surface area contributed by atoms with Gasteiger partial charge in [0.25, 0.3) is 5.91 Å². The Bertz CT molecular complexity index is 1080. The highest BCUT2D eigenvalue weighted by atomic mass is 32.1. The highest BCUT2D eigenvalue weighted by Gasteiger charge is 2.44. The number of fused-ring (bicyclic) bond motifs is 1. The minimum Gasteiger partial charge on any atom is -0.494 e.